The molecular weight excluding hydrogens is 440 g/mol. The summed E-state index contributed by atoms with van der Waals surface area (Å²) in [6.07, 6.45) is 0.868. The lowest BCUT2D eigenvalue weighted by molar-refractivity contribution is -0.149. The van der Waals surface area contributed by atoms with Gasteiger partial charge >= 0.3 is 11.9 Å². The van der Waals surface area contributed by atoms with Crippen molar-refractivity contribution in [2.75, 3.05) is 13.2 Å². The molecule has 1 saturated heterocycles. The van der Waals surface area contributed by atoms with E-state index in [1.807, 2.05) is 53.9 Å². The second kappa shape index (κ2) is 13.6. The van der Waals surface area contributed by atoms with E-state index in [2.05, 4.69) is 5.32 Å². The molecule has 34 heavy (non-hydrogen) atoms. The Morgan fingerprint density at radius 1 is 1.09 bits per heavy atom. The average Bonchev–Trinajstić information content (AvgIpc) is 2.85. The third kappa shape index (κ3) is 11.2. The summed E-state index contributed by atoms with van der Waals surface area (Å²) in [4.78, 5) is 67.5. The molecule has 0 aromatic heterocycles. The minimum atomic E-state index is -0.870. The predicted molar refractivity (Wildman–Crippen MR) is 126 cm³/mol. The maximum absolute atomic E-state index is 13.2. The summed E-state index contributed by atoms with van der Waals surface area (Å²) in [5.74, 6) is -3.86. The molecule has 1 aliphatic heterocycles. The number of esters is 1. The Hall–Kier alpha value is -2.29. The van der Waals surface area contributed by atoms with Crippen LogP contribution in [0.1, 0.15) is 80.6 Å². The molecule has 9 nitrogen and oxygen atoms in total. The largest absolute Gasteiger partial charge is 0.465 e. The van der Waals surface area contributed by atoms with Crippen LogP contribution in [-0.4, -0.2) is 48.6 Å². The Bertz CT molecular complexity index is 740. The molecule has 0 aliphatic carbocycles. The van der Waals surface area contributed by atoms with Crippen LogP contribution in [-0.2, 0) is 33.5 Å². The minimum absolute atomic E-state index is 0.0682. The molecule has 0 spiro atoms. The number of nitrogens with one attached hydrogen (secondary N) is 2. The molecule has 2 N–H and O–H groups in total. The summed E-state index contributed by atoms with van der Waals surface area (Å²) < 4.78 is 5.35. The number of hydroxylamine groups is 1. The van der Waals surface area contributed by atoms with Crippen molar-refractivity contribution in [3.8, 4) is 0 Å². The molecule has 0 aromatic carbocycles. The monoisotopic (exact) mass is 482 g/mol. The molecule has 0 aromatic rings. The summed E-state index contributed by atoms with van der Waals surface area (Å²) in [6, 6.07) is -0.812. The highest BCUT2D eigenvalue weighted by atomic mass is 16.7. The Kier molecular flexibility index (Phi) is 11.9. The smallest absolute Gasteiger partial charge is 0.311 e. The zero-order valence-electron chi connectivity index (χ0n) is 21.7. The van der Waals surface area contributed by atoms with E-state index >= 15 is 0 Å². The molecule has 0 bridgehead atoms. The standard InChI is InChI=1S/C25H42N2O7/c1-15(2)10-18(13-21(29)33-14-25(5,6)7)23(31)26-19(11-16(3)4)20(28)12-17-8-9-34-27-24(32)22(17)30/h15-19H,8-14H2,1-7H3,(H,26,31)(H,27,32). The zero-order valence-corrected chi connectivity index (χ0v) is 21.7. The summed E-state index contributed by atoms with van der Waals surface area (Å²) in [6.45, 7) is 14.0. The summed E-state index contributed by atoms with van der Waals surface area (Å²) >= 11 is 0. The van der Waals surface area contributed by atoms with Gasteiger partial charge in [-0.2, -0.15) is 0 Å². The Morgan fingerprint density at radius 3 is 2.26 bits per heavy atom. The number of rotatable bonds is 12. The lowest BCUT2D eigenvalue weighted by atomic mass is 9.88. The molecule has 3 atom stereocenters. The van der Waals surface area contributed by atoms with Crippen molar-refractivity contribution in [3.63, 3.8) is 0 Å². The van der Waals surface area contributed by atoms with Crippen LogP contribution in [0.5, 0.6) is 0 Å². The van der Waals surface area contributed by atoms with E-state index in [9.17, 15) is 24.0 Å². The van der Waals surface area contributed by atoms with Crippen LogP contribution < -0.4 is 10.8 Å². The number of amides is 2. The highest BCUT2D eigenvalue weighted by molar-refractivity contribution is 6.37. The Morgan fingerprint density at radius 2 is 1.71 bits per heavy atom. The van der Waals surface area contributed by atoms with Crippen molar-refractivity contribution >= 4 is 29.4 Å². The minimum Gasteiger partial charge on any atom is -0.465 e. The van der Waals surface area contributed by atoms with Gasteiger partial charge in [0.1, 0.15) is 0 Å². The second-order valence-corrected chi connectivity index (χ2v) is 11.2. The summed E-state index contributed by atoms with van der Waals surface area (Å²) in [7, 11) is 0. The van der Waals surface area contributed by atoms with E-state index in [0.29, 0.717) is 12.8 Å². The predicted octanol–water partition coefficient (Wildman–Crippen LogP) is 2.76. The fourth-order valence-corrected chi connectivity index (χ4v) is 3.71. The Labute approximate surface area is 203 Å². The van der Waals surface area contributed by atoms with Crippen LogP contribution in [0.3, 0.4) is 0 Å². The van der Waals surface area contributed by atoms with Gasteiger partial charge in [-0.05, 0) is 36.5 Å². The van der Waals surface area contributed by atoms with Gasteiger partial charge in [0, 0.05) is 18.3 Å². The molecule has 1 aliphatic rings. The summed E-state index contributed by atoms with van der Waals surface area (Å²) in [5.41, 5.74) is 1.87. The molecule has 0 radical (unpaired) electrons. The third-order valence-electron chi connectivity index (χ3n) is 5.39. The van der Waals surface area contributed by atoms with Crippen molar-refractivity contribution < 1.29 is 33.5 Å². The van der Waals surface area contributed by atoms with Gasteiger partial charge in [-0.3, -0.25) is 28.8 Å². The van der Waals surface area contributed by atoms with E-state index in [1.54, 1.807) is 0 Å². The van der Waals surface area contributed by atoms with Crippen molar-refractivity contribution in [2.24, 2.45) is 29.1 Å². The van der Waals surface area contributed by atoms with Gasteiger partial charge in [-0.25, -0.2) is 5.48 Å². The van der Waals surface area contributed by atoms with Crippen molar-refractivity contribution in [3.05, 3.63) is 0 Å². The number of carbonyl (C=O) groups is 5. The summed E-state index contributed by atoms with van der Waals surface area (Å²) in [5, 5.41) is 2.82. The average molecular weight is 483 g/mol. The van der Waals surface area contributed by atoms with Crippen molar-refractivity contribution in [1.82, 2.24) is 10.8 Å². The first-order valence-corrected chi connectivity index (χ1v) is 12.1. The lowest BCUT2D eigenvalue weighted by Gasteiger charge is -2.25. The maximum atomic E-state index is 13.2. The molecular formula is C25H42N2O7. The number of Topliss-reactive ketones (excluding diaryl/α,β-unsaturated/α-hetero) is 2. The molecule has 0 saturated carbocycles. The number of carbonyl (C=O) groups excluding carboxylic acids is 5. The number of ether oxygens (including phenoxy) is 1. The van der Waals surface area contributed by atoms with Crippen LogP contribution in [0.2, 0.25) is 0 Å². The van der Waals surface area contributed by atoms with Gasteiger partial charge in [0.25, 0.3) is 0 Å². The third-order valence-corrected chi connectivity index (χ3v) is 5.39. The topological polar surface area (TPSA) is 128 Å². The fraction of sp³-hybridized carbons (Fsp3) is 0.800. The van der Waals surface area contributed by atoms with Gasteiger partial charge in [-0.15, -0.1) is 0 Å². The second-order valence-electron chi connectivity index (χ2n) is 11.2. The fourth-order valence-electron chi connectivity index (χ4n) is 3.71. The first-order chi connectivity index (χ1) is 15.7. The lowest BCUT2D eigenvalue weighted by Crippen LogP contribution is -2.46. The van der Waals surface area contributed by atoms with Crippen LogP contribution in [0.4, 0.5) is 0 Å². The van der Waals surface area contributed by atoms with Gasteiger partial charge in [0.05, 0.1) is 25.7 Å². The highest BCUT2D eigenvalue weighted by Gasteiger charge is 2.34. The maximum Gasteiger partial charge on any atom is 0.311 e. The number of hydrogen-bond acceptors (Lipinski definition) is 7. The van der Waals surface area contributed by atoms with Crippen LogP contribution >= 0.6 is 0 Å². The van der Waals surface area contributed by atoms with Gasteiger partial charge in [0.2, 0.25) is 11.7 Å². The van der Waals surface area contributed by atoms with Crippen molar-refractivity contribution in [1.29, 1.82) is 0 Å². The molecule has 9 heteroatoms. The van der Waals surface area contributed by atoms with Gasteiger partial charge in [-0.1, -0.05) is 48.5 Å². The first kappa shape index (κ1) is 29.7. The zero-order chi connectivity index (χ0) is 26.1. The van der Waals surface area contributed by atoms with Gasteiger partial charge < -0.3 is 10.1 Å². The van der Waals surface area contributed by atoms with Crippen molar-refractivity contribution in [2.45, 2.75) is 86.6 Å². The molecule has 2 amide bonds. The quantitative estimate of drug-likeness (QED) is 0.323. The SMILES string of the molecule is CC(C)CC(CC(=O)OCC(C)(C)C)C(=O)NC(CC(C)C)C(=O)CC1CCONC(=O)C1=O. The number of ketones is 2. The Balaban J connectivity index is 2.91. The van der Waals surface area contributed by atoms with Gasteiger partial charge in [0.15, 0.2) is 5.78 Å². The molecule has 1 rings (SSSR count). The molecule has 3 unspecified atom stereocenters. The van der Waals surface area contributed by atoms with Crippen LogP contribution in [0.25, 0.3) is 0 Å². The van der Waals surface area contributed by atoms with E-state index in [0.717, 1.165) is 0 Å². The molecule has 194 valence electrons. The highest BCUT2D eigenvalue weighted by Crippen LogP contribution is 2.21. The first-order valence-electron chi connectivity index (χ1n) is 12.1. The normalized spacial score (nSPS) is 18.8. The number of hydrogen-bond donors (Lipinski definition) is 2. The van der Waals surface area contributed by atoms with E-state index in [-0.39, 0.29) is 61.4 Å². The van der Waals surface area contributed by atoms with Crippen LogP contribution in [0.15, 0.2) is 0 Å². The van der Waals surface area contributed by atoms with E-state index in [1.165, 1.54) is 0 Å². The van der Waals surface area contributed by atoms with Crippen LogP contribution in [0, 0.1) is 29.1 Å². The van der Waals surface area contributed by atoms with E-state index in [4.69, 9.17) is 9.57 Å². The van der Waals surface area contributed by atoms with E-state index < -0.39 is 35.5 Å². The molecule has 1 fully saturated rings. The molecule has 1 heterocycles.